The summed E-state index contributed by atoms with van der Waals surface area (Å²) in [6.45, 7) is 18.3. The van der Waals surface area contributed by atoms with Gasteiger partial charge in [-0.25, -0.2) is 0 Å². The van der Waals surface area contributed by atoms with Crippen molar-refractivity contribution in [1.29, 1.82) is 0 Å². The van der Waals surface area contributed by atoms with Gasteiger partial charge in [0.2, 0.25) is 0 Å². The average molecular weight is 403 g/mol. The van der Waals surface area contributed by atoms with Crippen molar-refractivity contribution in [3.05, 3.63) is 0 Å². The van der Waals surface area contributed by atoms with Crippen LogP contribution in [-0.2, 0) is 4.79 Å². The van der Waals surface area contributed by atoms with E-state index in [1.807, 2.05) is 0 Å². The van der Waals surface area contributed by atoms with Gasteiger partial charge >= 0.3 is 0 Å². The van der Waals surface area contributed by atoms with Crippen molar-refractivity contribution in [3.8, 4) is 0 Å². The Morgan fingerprint density at radius 3 is 1.07 bits per heavy atom. The Bertz CT molecular complexity index is 298. The zero-order valence-corrected chi connectivity index (χ0v) is 20.9. The van der Waals surface area contributed by atoms with Crippen LogP contribution in [0.1, 0.15) is 126 Å². The van der Waals surface area contributed by atoms with Crippen molar-refractivity contribution in [2.75, 3.05) is 6.66 Å². The van der Waals surface area contributed by atoms with Gasteiger partial charge in [-0.05, 0) is 64.7 Å². The molecule has 0 saturated carbocycles. The summed E-state index contributed by atoms with van der Waals surface area (Å²) in [5.74, 6) is -1.08. The molecule has 3 atom stereocenters. The number of unbranched alkanes of at least 4 members (excludes halogenated alkanes) is 3. The summed E-state index contributed by atoms with van der Waals surface area (Å²) in [5.41, 5.74) is 3.10. The van der Waals surface area contributed by atoms with E-state index in [4.69, 9.17) is 9.90 Å². The summed E-state index contributed by atoms with van der Waals surface area (Å²) >= 11 is 0. The monoisotopic (exact) mass is 402 g/mol. The number of carbonyl (C=O) groups excluding carboxylic acids is 1. The summed E-state index contributed by atoms with van der Waals surface area (Å²) in [6.07, 6.45) is 17.2. The first-order valence-electron chi connectivity index (χ1n) is 11.8. The molecule has 0 N–H and O–H groups in total. The minimum Gasteiger partial charge on any atom is -0.550 e. The second-order valence-electron chi connectivity index (χ2n) is 8.33. The number of aliphatic carboxylic acids is 1. The van der Waals surface area contributed by atoms with Gasteiger partial charge in [0.1, 0.15) is 0 Å². The molecule has 0 aromatic carbocycles. The molecule has 0 aliphatic rings. The van der Waals surface area contributed by atoms with Crippen LogP contribution in [0.15, 0.2) is 0 Å². The van der Waals surface area contributed by atoms with E-state index >= 15 is 0 Å². The van der Waals surface area contributed by atoms with Crippen molar-refractivity contribution in [3.63, 3.8) is 0 Å². The minimum absolute atomic E-state index is 0.889. The molecule has 0 spiro atoms. The third kappa shape index (κ3) is 11.5. The van der Waals surface area contributed by atoms with Crippen LogP contribution in [0.2, 0.25) is 0 Å². The smallest absolute Gasteiger partial charge is 0.0697 e. The highest BCUT2D eigenvalue weighted by Gasteiger charge is 2.50. The normalized spacial score (nSPS) is 16.6. The first kappa shape index (κ1) is 29.1. The SMILES string of the molecule is CC(=O)[O-].CCCCC(CC)[P+](C)(C(CC)CCCC)C(CC)CCCC. The molecule has 0 fully saturated rings. The Labute approximate surface area is 172 Å². The van der Waals surface area contributed by atoms with Crippen LogP contribution < -0.4 is 5.11 Å². The van der Waals surface area contributed by atoms with Crippen LogP contribution in [0.4, 0.5) is 0 Å². The third-order valence-corrected chi connectivity index (χ3v) is 13.0. The zero-order chi connectivity index (χ0) is 21.3. The Balaban J connectivity index is 0. The molecular weight excluding hydrogens is 351 g/mol. The number of hydrogen-bond acceptors (Lipinski definition) is 2. The van der Waals surface area contributed by atoms with Gasteiger partial charge in [-0.3, -0.25) is 0 Å². The van der Waals surface area contributed by atoms with Crippen LogP contribution in [-0.4, -0.2) is 29.6 Å². The lowest BCUT2D eigenvalue weighted by Gasteiger charge is -2.43. The van der Waals surface area contributed by atoms with Crippen LogP contribution >= 0.6 is 7.26 Å². The highest BCUT2D eigenvalue weighted by Crippen LogP contribution is 2.72. The van der Waals surface area contributed by atoms with Gasteiger partial charge in [-0.15, -0.1) is 0 Å². The number of carboxylic acid groups (broad SMARTS) is 1. The fourth-order valence-corrected chi connectivity index (χ4v) is 11.2. The van der Waals surface area contributed by atoms with Gasteiger partial charge in [0.15, 0.2) is 0 Å². The molecule has 2 nitrogen and oxygen atoms in total. The van der Waals surface area contributed by atoms with Gasteiger partial charge in [0.25, 0.3) is 0 Å². The van der Waals surface area contributed by atoms with Crippen LogP contribution in [0.25, 0.3) is 0 Å². The summed E-state index contributed by atoms with van der Waals surface area (Å²) in [6, 6.07) is 0. The fraction of sp³-hybridized carbons (Fsp3) is 0.958. The lowest BCUT2D eigenvalue weighted by Crippen LogP contribution is -2.31. The molecule has 0 bridgehead atoms. The highest BCUT2D eigenvalue weighted by atomic mass is 31.2. The van der Waals surface area contributed by atoms with E-state index < -0.39 is 13.2 Å². The third-order valence-electron chi connectivity index (χ3n) is 6.45. The van der Waals surface area contributed by atoms with E-state index in [2.05, 4.69) is 48.2 Å². The quantitative estimate of drug-likeness (QED) is 0.270. The van der Waals surface area contributed by atoms with E-state index in [0.717, 1.165) is 23.9 Å². The molecular formula is C24H51O2P. The summed E-state index contributed by atoms with van der Waals surface area (Å²) < 4.78 is 0. The van der Waals surface area contributed by atoms with E-state index in [-0.39, 0.29) is 0 Å². The highest BCUT2D eigenvalue weighted by molar-refractivity contribution is 7.77. The largest absolute Gasteiger partial charge is 0.550 e. The van der Waals surface area contributed by atoms with Gasteiger partial charge in [0, 0.05) is 19.9 Å². The lowest BCUT2D eigenvalue weighted by molar-refractivity contribution is -0.302. The number of carbonyl (C=O) groups is 1. The van der Waals surface area contributed by atoms with E-state index in [1.54, 1.807) is 0 Å². The Hall–Kier alpha value is -0.100. The van der Waals surface area contributed by atoms with E-state index in [0.29, 0.717) is 0 Å². The summed E-state index contributed by atoms with van der Waals surface area (Å²) in [5, 5.41) is 8.89. The maximum Gasteiger partial charge on any atom is 0.0697 e. The zero-order valence-electron chi connectivity index (χ0n) is 20.0. The van der Waals surface area contributed by atoms with Crippen molar-refractivity contribution >= 4 is 13.2 Å². The topological polar surface area (TPSA) is 40.1 Å². The molecule has 0 saturated heterocycles. The lowest BCUT2D eigenvalue weighted by atomic mass is 10.1. The Morgan fingerprint density at radius 2 is 0.926 bits per heavy atom. The molecule has 3 unspecified atom stereocenters. The molecule has 0 aliphatic heterocycles. The first-order valence-corrected chi connectivity index (χ1v) is 14.3. The maximum atomic E-state index is 8.89. The van der Waals surface area contributed by atoms with Gasteiger partial charge in [-0.1, -0.05) is 60.8 Å². The molecule has 164 valence electrons. The van der Waals surface area contributed by atoms with Crippen LogP contribution in [0.3, 0.4) is 0 Å². The second-order valence-corrected chi connectivity index (χ2v) is 13.0. The molecule has 0 aromatic heterocycles. The predicted molar refractivity (Wildman–Crippen MR) is 124 cm³/mol. The predicted octanol–water partition coefficient (Wildman–Crippen LogP) is 7.30. The standard InChI is InChI=1S/C22H48P.C2H4O2/c1-8-14-17-20(11-4)23(7,21(12-5)18-15-9-2)22(13-6)19-16-10-3;1-2(3)4/h20-22H,8-19H2,1-7H3;1H3,(H,3,4)/q+1;/p-1. The molecule has 27 heavy (non-hydrogen) atoms. The van der Waals surface area contributed by atoms with Crippen molar-refractivity contribution in [2.24, 2.45) is 0 Å². The van der Waals surface area contributed by atoms with E-state index in [1.165, 1.54) is 77.0 Å². The molecule has 0 rings (SSSR count). The van der Waals surface area contributed by atoms with Gasteiger partial charge < -0.3 is 9.90 Å². The number of hydrogen-bond donors (Lipinski definition) is 0. The Morgan fingerprint density at radius 1 is 0.704 bits per heavy atom. The first-order chi connectivity index (χ1) is 12.8. The van der Waals surface area contributed by atoms with Gasteiger partial charge in [-0.2, -0.15) is 0 Å². The maximum absolute atomic E-state index is 8.89. The molecule has 0 amide bonds. The molecule has 3 heteroatoms. The van der Waals surface area contributed by atoms with E-state index in [9.17, 15) is 0 Å². The second kappa shape index (κ2) is 18.0. The molecule has 0 aliphatic carbocycles. The van der Waals surface area contributed by atoms with Crippen molar-refractivity contribution < 1.29 is 9.90 Å². The molecule has 0 heterocycles. The number of carboxylic acids is 1. The van der Waals surface area contributed by atoms with Gasteiger partial charge in [0.05, 0.1) is 17.0 Å². The molecule has 0 radical (unpaired) electrons. The fourth-order valence-electron chi connectivity index (χ4n) is 4.84. The number of rotatable bonds is 15. The Kier molecular flexibility index (Phi) is 19.4. The van der Waals surface area contributed by atoms with Crippen molar-refractivity contribution in [2.45, 2.75) is 142 Å². The summed E-state index contributed by atoms with van der Waals surface area (Å²) in [4.78, 5) is 8.89. The average Bonchev–Trinajstić information content (AvgIpc) is 2.63. The molecule has 0 aromatic rings. The van der Waals surface area contributed by atoms with Crippen molar-refractivity contribution in [1.82, 2.24) is 0 Å². The van der Waals surface area contributed by atoms with Crippen LogP contribution in [0, 0.1) is 0 Å². The minimum atomic E-state index is -1.08. The van der Waals surface area contributed by atoms with Crippen LogP contribution in [0.5, 0.6) is 0 Å². The summed E-state index contributed by atoms with van der Waals surface area (Å²) in [7, 11) is -0.889.